The molecule has 2 amide bonds. The molecule has 0 aliphatic heterocycles. The Morgan fingerprint density at radius 1 is 0.857 bits per heavy atom. The molecule has 2 aromatic carbocycles. The smallest absolute Gasteiger partial charge is 0.313 e. The predicted octanol–water partition coefficient (Wildman–Crippen LogP) is 6.49. The number of anilines is 1. The molecule has 0 spiro atoms. The lowest BCUT2D eigenvalue weighted by Gasteiger charge is -2.08. The summed E-state index contributed by atoms with van der Waals surface area (Å²) in [5, 5.41) is 16.7. The van der Waals surface area contributed by atoms with Crippen molar-refractivity contribution in [2.24, 2.45) is 0 Å². The van der Waals surface area contributed by atoms with Gasteiger partial charge in [0.25, 0.3) is 0 Å². The van der Waals surface area contributed by atoms with Crippen molar-refractivity contribution >= 4 is 72.5 Å². The van der Waals surface area contributed by atoms with Crippen LogP contribution in [0, 0.1) is 0 Å². The summed E-state index contributed by atoms with van der Waals surface area (Å²) in [6.07, 6.45) is 1.71. The maximum absolute atomic E-state index is 12.6. The van der Waals surface area contributed by atoms with Gasteiger partial charge in [0, 0.05) is 40.8 Å². The highest BCUT2D eigenvalue weighted by Crippen LogP contribution is 2.38. The molecule has 0 bridgehead atoms. The van der Waals surface area contributed by atoms with Crippen LogP contribution in [0.2, 0.25) is 0 Å². The summed E-state index contributed by atoms with van der Waals surface area (Å²) < 4.78 is 1.18. The van der Waals surface area contributed by atoms with Gasteiger partial charge in [0.05, 0.1) is 18.3 Å². The number of nitrogens with zero attached hydrogens (tertiary/aromatic N) is 1. The highest BCUT2D eigenvalue weighted by atomic mass is 32.1. The summed E-state index contributed by atoms with van der Waals surface area (Å²) in [7, 11) is 0. The zero-order valence-corrected chi connectivity index (χ0v) is 20.7. The van der Waals surface area contributed by atoms with Crippen LogP contribution in [-0.4, -0.2) is 22.0 Å². The van der Waals surface area contributed by atoms with E-state index in [1.54, 1.807) is 40.2 Å². The van der Waals surface area contributed by atoms with E-state index < -0.39 is 11.8 Å². The fourth-order valence-electron chi connectivity index (χ4n) is 3.90. The van der Waals surface area contributed by atoms with Crippen LogP contribution in [0.25, 0.3) is 41.2 Å². The van der Waals surface area contributed by atoms with Gasteiger partial charge in [-0.1, -0.05) is 24.3 Å². The molecule has 6 nitrogen and oxygen atoms in total. The highest BCUT2D eigenvalue weighted by Gasteiger charge is 2.17. The van der Waals surface area contributed by atoms with E-state index in [0.717, 1.165) is 36.5 Å². The highest BCUT2D eigenvalue weighted by molar-refractivity contribution is 7.22. The van der Waals surface area contributed by atoms with Crippen molar-refractivity contribution in [1.82, 2.24) is 15.5 Å². The Hall–Kier alpha value is -3.79. The molecule has 0 atom stereocenters. The number of benzene rings is 2. The van der Waals surface area contributed by atoms with E-state index in [-0.39, 0.29) is 0 Å². The summed E-state index contributed by atoms with van der Waals surface area (Å²) in [6.45, 7) is 0.302. The standard InChI is InChI=1S/C26H18N4O2S3/c31-25(27-14-18-7-8-22(34-18)21-6-3-9-33-21)26(32)29-17-10-16-13-28-30-24(16)19(12-17)23-11-15-4-1-2-5-20(15)35-23/h1-13H,14H2,(H,27,31)(H,28,30)(H,29,32). The van der Waals surface area contributed by atoms with Crippen molar-refractivity contribution in [2.45, 2.75) is 6.54 Å². The lowest BCUT2D eigenvalue weighted by Crippen LogP contribution is -2.34. The predicted molar refractivity (Wildman–Crippen MR) is 145 cm³/mol. The minimum Gasteiger partial charge on any atom is -0.343 e. The third kappa shape index (κ3) is 4.37. The minimum atomic E-state index is -0.704. The van der Waals surface area contributed by atoms with Crippen molar-refractivity contribution in [3.05, 3.63) is 83.2 Å². The number of fused-ring (bicyclic) bond motifs is 2. The van der Waals surface area contributed by atoms with E-state index in [1.165, 1.54) is 9.58 Å². The van der Waals surface area contributed by atoms with E-state index >= 15 is 0 Å². The monoisotopic (exact) mass is 514 g/mol. The molecule has 0 fully saturated rings. The summed E-state index contributed by atoms with van der Waals surface area (Å²) in [5.74, 6) is -1.38. The number of rotatable bonds is 5. The van der Waals surface area contributed by atoms with Gasteiger partial charge < -0.3 is 10.6 Å². The molecular weight excluding hydrogens is 497 g/mol. The summed E-state index contributed by atoms with van der Waals surface area (Å²) >= 11 is 4.95. The Morgan fingerprint density at radius 3 is 2.63 bits per heavy atom. The minimum absolute atomic E-state index is 0.302. The maximum atomic E-state index is 12.6. The molecule has 6 rings (SSSR count). The van der Waals surface area contributed by atoms with Crippen LogP contribution in [0.4, 0.5) is 5.69 Å². The summed E-state index contributed by atoms with van der Waals surface area (Å²) in [4.78, 5) is 29.5. The van der Waals surface area contributed by atoms with Crippen LogP contribution in [0.3, 0.4) is 0 Å². The van der Waals surface area contributed by atoms with Gasteiger partial charge in [0.15, 0.2) is 0 Å². The van der Waals surface area contributed by atoms with E-state index in [1.807, 2.05) is 47.8 Å². The Balaban J connectivity index is 1.19. The number of nitrogens with one attached hydrogen (secondary N) is 3. The largest absolute Gasteiger partial charge is 0.343 e. The van der Waals surface area contributed by atoms with Crippen LogP contribution in [-0.2, 0) is 16.1 Å². The van der Waals surface area contributed by atoms with Gasteiger partial charge in [-0.2, -0.15) is 5.10 Å². The first kappa shape index (κ1) is 21.7. The molecule has 35 heavy (non-hydrogen) atoms. The van der Waals surface area contributed by atoms with Gasteiger partial charge in [-0.15, -0.1) is 34.0 Å². The molecule has 0 aliphatic rings. The average Bonchev–Trinajstić information content (AvgIpc) is 3.67. The molecule has 0 aliphatic carbocycles. The van der Waals surface area contributed by atoms with Crippen LogP contribution < -0.4 is 10.6 Å². The molecule has 9 heteroatoms. The number of aromatic amines is 1. The Bertz CT molecular complexity index is 1640. The van der Waals surface area contributed by atoms with Gasteiger partial charge >= 0.3 is 11.8 Å². The average molecular weight is 515 g/mol. The number of hydrogen-bond donors (Lipinski definition) is 3. The fraction of sp³-hybridized carbons (Fsp3) is 0.0385. The van der Waals surface area contributed by atoms with Crippen LogP contribution in [0.5, 0.6) is 0 Å². The second-order valence-electron chi connectivity index (χ2n) is 7.89. The number of H-pyrrole nitrogens is 1. The van der Waals surface area contributed by atoms with Gasteiger partial charge in [0.2, 0.25) is 0 Å². The summed E-state index contributed by atoms with van der Waals surface area (Å²) in [5.41, 5.74) is 2.36. The molecule has 0 saturated heterocycles. The van der Waals surface area contributed by atoms with Gasteiger partial charge in [-0.3, -0.25) is 14.7 Å². The molecule has 0 radical (unpaired) electrons. The number of carbonyl (C=O) groups excluding carboxylic acids is 2. The van der Waals surface area contributed by atoms with Crippen molar-refractivity contribution in [3.63, 3.8) is 0 Å². The molecule has 0 saturated carbocycles. The third-order valence-corrected chi connectivity index (χ3v) is 8.85. The molecule has 3 N–H and O–H groups in total. The van der Waals surface area contributed by atoms with E-state index in [2.05, 4.69) is 45.1 Å². The van der Waals surface area contributed by atoms with Gasteiger partial charge in [0.1, 0.15) is 0 Å². The first-order chi connectivity index (χ1) is 17.1. The fourth-order valence-corrected chi connectivity index (χ4v) is 6.77. The first-order valence-corrected chi connectivity index (χ1v) is 13.3. The third-order valence-electron chi connectivity index (χ3n) is 5.55. The Kier molecular flexibility index (Phi) is 5.65. The second kappa shape index (κ2) is 9.10. The quantitative estimate of drug-likeness (QED) is 0.230. The van der Waals surface area contributed by atoms with E-state index in [0.29, 0.717) is 12.2 Å². The SMILES string of the molecule is O=C(NCc1ccc(-c2cccs2)s1)C(=O)Nc1cc(-c2cc3ccccc3s2)c2[nH]ncc2c1. The van der Waals surface area contributed by atoms with E-state index in [4.69, 9.17) is 0 Å². The zero-order valence-electron chi connectivity index (χ0n) is 18.2. The topological polar surface area (TPSA) is 86.9 Å². The van der Waals surface area contributed by atoms with Crippen molar-refractivity contribution < 1.29 is 9.59 Å². The normalized spacial score (nSPS) is 11.2. The van der Waals surface area contributed by atoms with Crippen LogP contribution >= 0.6 is 34.0 Å². The van der Waals surface area contributed by atoms with E-state index in [9.17, 15) is 9.59 Å². The molecule has 0 unspecified atom stereocenters. The van der Waals surface area contributed by atoms with Crippen molar-refractivity contribution in [2.75, 3.05) is 5.32 Å². The zero-order chi connectivity index (χ0) is 23.8. The summed E-state index contributed by atoms with van der Waals surface area (Å²) in [6, 6.07) is 22.1. The van der Waals surface area contributed by atoms with Crippen molar-refractivity contribution in [3.8, 4) is 20.2 Å². The van der Waals surface area contributed by atoms with Gasteiger partial charge in [-0.25, -0.2) is 0 Å². The molecule has 172 valence electrons. The molecule has 4 aromatic heterocycles. The number of hydrogen-bond acceptors (Lipinski definition) is 6. The van der Waals surface area contributed by atoms with Crippen molar-refractivity contribution in [1.29, 1.82) is 0 Å². The van der Waals surface area contributed by atoms with Crippen LogP contribution in [0.15, 0.2) is 78.3 Å². The molecular formula is C26H18N4O2S3. The number of thiophene rings is 3. The Morgan fingerprint density at radius 2 is 1.77 bits per heavy atom. The second-order valence-corrected chi connectivity index (χ2v) is 11.1. The number of carbonyl (C=O) groups is 2. The lowest BCUT2D eigenvalue weighted by atomic mass is 10.1. The molecule has 4 heterocycles. The first-order valence-electron chi connectivity index (χ1n) is 10.8. The van der Waals surface area contributed by atoms with Gasteiger partial charge in [-0.05, 0) is 53.2 Å². The maximum Gasteiger partial charge on any atom is 0.313 e. The lowest BCUT2D eigenvalue weighted by molar-refractivity contribution is -0.136. The number of aromatic nitrogens is 2. The Labute approximate surface area is 212 Å². The molecule has 6 aromatic rings. The number of amides is 2. The van der Waals surface area contributed by atoms with Crippen LogP contribution in [0.1, 0.15) is 4.88 Å².